The van der Waals surface area contributed by atoms with Gasteiger partial charge in [-0.1, -0.05) is 6.07 Å². The van der Waals surface area contributed by atoms with E-state index in [1.165, 1.54) is 30.4 Å². The first-order chi connectivity index (χ1) is 9.72. The maximum Gasteiger partial charge on any atom is 0.241 e. The molecule has 0 saturated carbocycles. The molecule has 7 heteroatoms. The lowest BCUT2D eigenvalue weighted by Gasteiger charge is -2.23. The van der Waals surface area contributed by atoms with Crippen molar-refractivity contribution in [1.29, 1.82) is 0 Å². The molecule has 1 aromatic carbocycles. The van der Waals surface area contributed by atoms with Crippen molar-refractivity contribution in [3.63, 3.8) is 0 Å². The van der Waals surface area contributed by atoms with E-state index in [0.717, 1.165) is 6.07 Å². The largest absolute Gasteiger partial charge is 0.384 e. The number of hydrogen-bond donors (Lipinski definition) is 2. The molecule has 0 aliphatic carbocycles. The molecule has 1 unspecified atom stereocenters. The fraction of sp³-hybridized carbons (Fsp3) is 0.286. The average molecular weight is 329 g/mol. The van der Waals surface area contributed by atoms with E-state index in [2.05, 4.69) is 4.72 Å². The molecule has 2 rings (SSSR count). The molecule has 1 aromatic heterocycles. The van der Waals surface area contributed by atoms with E-state index in [-0.39, 0.29) is 11.4 Å². The number of hydrogen-bond acceptors (Lipinski definition) is 4. The SMILES string of the molecule is Cc1ccc(F)cc1S(=O)(=O)NCC(C)(O)c1ccsc1. The fourth-order valence-corrected chi connectivity index (χ4v) is 4.02. The summed E-state index contributed by atoms with van der Waals surface area (Å²) in [4.78, 5) is -0.122. The number of sulfonamides is 1. The van der Waals surface area contributed by atoms with Crippen LogP contribution in [0.15, 0.2) is 39.9 Å². The Labute approximate surface area is 127 Å². The molecule has 0 aliphatic heterocycles. The lowest BCUT2D eigenvalue weighted by molar-refractivity contribution is 0.0632. The van der Waals surface area contributed by atoms with Crippen LogP contribution in [0.5, 0.6) is 0 Å². The highest BCUT2D eigenvalue weighted by atomic mass is 32.2. The number of nitrogens with one attached hydrogen (secondary N) is 1. The van der Waals surface area contributed by atoms with Crippen LogP contribution in [-0.2, 0) is 15.6 Å². The van der Waals surface area contributed by atoms with Crippen LogP contribution in [0.2, 0.25) is 0 Å². The van der Waals surface area contributed by atoms with Crippen LogP contribution in [0, 0.1) is 12.7 Å². The minimum Gasteiger partial charge on any atom is -0.384 e. The molecule has 4 nitrogen and oxygen atoms in total. The van der Waals surface area contributed by atoms with E-state index in [4.69, 9.17) is 0 Å². The molecule has 0 bridgehead atoms. The quantitative estimate of drug-likeness (QED) is 0.885. The van der Waals surface area contributed by atoms with Gasteiger partial charge in [0.25, 0.3) is 0 Å². The van der Waals surface area contributed by atoms with Gasteiger partial charge in [0.05, 0.1) is 4.90 Å². The van der Waals surface area contributed by atoms with Crippen molar-refractivity contribution in [2.24, 2.45) is 0 Å². The molecule has 0 spiro atoms. The Bertz CT molecular complexity index is 725. The third kappa shape index (κ3) is 3.68. The zero-order valence-corrected chi connectivity index (χ0v) is 13.3. The highest BCUT2D eigenvalue weighted by Gasteiger charge is 2.27. The van der Waals surface area contributed by atoms with E-state index in [0.29, 0.717) is 11.1 Å². The van der Waals surface area contributed by atoms with Crippen molar-refractivity contribution in [1.82, 2.24) is 4.72 Å². The third-order valence-electron chi connectivity index (χ3n) is 3.19. The molecule has 2 N–H and O–H groups in total. The zero-order valence-electron chi connectivity index (χ0n) is 11.6. The summed E-state index contributed by atoms with van der Waals surface area (Å²) in [5, 5.41) is 13.9. The normalized spacial score (nSPS) is 14.9. The van der Waals surface area contributed by atoms with E-state index < -0.39 is 21.4 Å². The van der Waals surface area contributed by atoms with Gasteiger partial charge in [-0.2, -0.15) is 11.3 Å². The number of aliphatic hydroxyl groups is 1. The molecule has 21 heavy (non-hydrogen) atoms. The molecular weight excluding hydrogens is 313 g/mol. The second kappa shape index (κ2) is 5.84. The van der Waals surface area contributed by atoms with Gasteiger partial charge in [0, 0.05) is 6.54 Å². The van der Waals surface area contributed by atoms with Gasteiger partial charge in [0.1, 0.15) is 11.4 Å². The van der Waals surface area contributed by atoms with Crippen molar-refractivity contribution in [2.45, 2.75) is 24.3 Å². The fourth-order valence-electron chi connectivity index (χ4n) is 1.85. The number of halogens is 1. The Hall–Kier alpha value is -1.28. The first kappa shape index (κ1) is 16.1. The minimum absolute atomic E-state index is 0.122. The minimum atomic E-state index is -3.88. The van der Waals surface area contributed by atoms with Crippen LogP contribution in [0.4, 0.5) is 4.39 Å². The molecule has 0 radical (unpaired) electrons. The van der Waals surface area contributed by atoms with Gasteiger partial charge >= 0.3 is 0 Å². The molecular formula is C14H16FNO3S2. The smallest absolute Gasteiger partial charge is 0.241 e. The summed E-state index contributed by atoms with van der Waals surface area (Å²) in [6.07, 6.45) is 0. The van der Waals surface area contributed by atoms with Gasteiger partial charge in [0.15, 0.2) is 0 Å². The van der Waals surface area contributed by atoms with E-state index in [1.54, 1.807) is 23.8 Å². The monoisotopic (exact) mass is 329 g/mol. The molecule has 2 aromatic rings. The molecule has 0 aliphatic rings. The lowest BCUT2D eigenvalue weighted by Crippen LogP contribution is -2.38. The van der Waals surface area contributed by atoms with E-state index >= 15 is 0 Å². The molecule has 1 atom stereocenters. The summed E-state index contributed by atoms with van der Waals surface area (Å²) >= 11 is 1.41. The van der Waals surface area contributed by atoms with Crippen molar-refractivity contribution in [2.75, 3.05) is 6.54 Å². The first-order valence-corrected chi connectivity index (χ1v) is 8.66. The van der Waals surface area contributed by atoms with Gasteiger partial charge in [-0.15, -0.1) is 0 Å². The number of rotatable bonds is 5. The summed E-state index contributed by atoms with van der Waals surface area (Å²) in [7, 11) is -3.88. The highest BCUT2D eigenvalue weighted by Crippen LogP contribution is 2.23. The van der Waals surface area contributed by atoms with Gasteiger partial charge < -0.3 is 5.11 Å². The lowest BCUT2D eigenvalue weighted by atomic mass is 10.0. The number of aryl methyl sites for hydroxylation is 1. The summed E-state index contributed by atoms with van der Waals surface area (Å²) < 4.78 is 40.0. The summed E-state index contributed by atoms with van der Waals surface area (Å²) in [6.45, 7) is 2.92. The van der Waals surface area contributed by atoms with Crippen molar-refractivity contribution < 1.29 is 17.9 Å². The molecule has 0 fully saturated rings. The highest BCUT2D eigenvalue weighted by molar-refractivity contribution is 7.89. The van der Waals surface area contributed by atoms with Gasteiger partial charge in [0.2, 0.25) is 10.0 Å². The predicted octanol–water partition coefficient (Wildman–Crippen LogP) is 2.38. The Kier molecular flexibility index (Phi) is 4.48. The zero-order chi connectivity index (χ0) is 15.7. The van der Waals surface area contributed by atoms with Gasteiger partial charge in [-0.25, -0.2) is 17.5 Å². The van der Waals surface area contributed by atoms with Gasteiger partial charge in [-0.05, 0) is 53.9 Å². The Morgan fingerprint density at radius 2 is 2.10 bits per heavy atom. The summed E-state index contributed by atoms with van der Waals surface area (Å²) in [6, 6.07) is 5.31. The molecule has 0 amide bonds. The third-order valence-corrected chi connectivity index (χ3v) is 5.42. The Morgan fingerprint density at radius 3 is 2.71 bits per heavy atom. The molecule has 1 heterocycles. The Morgan fingerprint density at radius 1 is 1.38 bits per heavy atom. The summed E-state index contributed by atoms with van der Waals surface area (Å²) in [5.41, 5.74) is -0.251. The van der Waals surface area contributed by atoms with Crippen LogP contribution in [0.25, 0.3) is 0 Å². The van der Waals surface area contributed by atoms with Crippen LogP contribution >= 0.6 is 11.3 Å². The van der Waals surface area contributed by atoms with Crippen LogP contribution in [0.3, 0.4) is 0 Å². The van der Waals surface area contributed by atoms with Gasteiger partial charge in [-0.3, -0.25) is 0 Å². The maximum absolute atomic E-state index is 13.2. The first-order valence-electron chi connectivity index (χ1n) is 6.23. The van der Waals surface area contributed by atoms with Crippen LogP contribution in [0.1, 0.15) is 18.1 Å². The van der Waals surface area contributed by atoms with Crippen molar-refractivity contribution in [3.05, 3.63) is 52.0 Å². The topological polar surface area (TPSA) is 66.4 Å². The Balaban J connectivity index is 2.21. The predicted molar refractivity (Wildman–Crippen MR) is 80.2 cm³/mol. The van der Waals surface area contributed by atoms with E-state index in [9.17, 15) is 17.9 Å². The van der Waals surface area contributed by atoms with Crippen LogP contribution in [-0.4, -0.2) is 20.1 Å². The second-order valence-electron chi connectivity index (χ2n) is 5.02. The maximum atomic E-state index is 13.2. The second-order valence-corrected chi connectivity index (χ2v) is 7.54. The molecule has 0 saturated heterocycles. The van der Waals surface area contributed by atoms with E-state index in [1.807, 2.05) is 0 Å². The summed E-state index contributed by atoms with van der Waals surface area (Å²) in [5.74, 6) is -0.620. The number of thiophene rings is 1. The van der Waals surface area contributed by atoms with Crippen molar-refractivity contribution in [3.8, 4) is 0 Å². The van der Waals surface area contributed by atoms with Crippen LogP contribution < -0.4 is 4.72 Å². The molecule has 114 valence electrons. The van der Waals surface area contributed by atoms with Crippen molar-refractivity contribution >= 4 is 21.4 Å². The average Bonchev–Trinajstić information content (AvgIpc) is 2.94. The standard InChI is InChI=1S/C14H16FNO3S2/c1-10-3-4-12(15)7-13(10)21(18,19)16-9-14(2,17)11-5-6-20-8-11/h3-8,16-17H,9H2,1-2H3. The number of benzene rings is 1.